The molecule has 5 nitrogen and oxygen atoms in total. The van der Waals surface area contributed by atoms with Crippen LogP contribution in [0.15, 0.2) is 78.0 Å². The Hall–Kier alpha value is -4.17. The minimum Gasteiger partial charge on any atom is -0.318 e. The summed E-state index contributed by atoms with van der Waals surface area (Å²) in [6.07, 6.45) is 0.492. The molecule has 0 spiro atoms. The third kappa shape index (κ3) is 4.03. The van der Waals surface area contributed by atoms with E-state index in [1.807, 2.05) is 86.6 Å². The van der Waals surface area contributed by atoms with Gasteiger partial charge in [0, 0.05) is 35.7 Å². The Morgan fingerprint density at radius 3 is 2.44 bits per heavy atom. The average molecular weight is 422 g/mol. The number of aromatic nitrogens is 1. The molecule has 4 aromatic rings. The van der Waals surface area contributed by atoms with Gasteiger partial charge in [0.05, 0.1) is 22.9 Å². The zero-order chi connectivity index (χ0) is 22.7. The van der Waals surface area contributed by atoms with Gasteiger partial charge < -0.3 is 9.40 Å². The molecule has 1 aromatic heterocycles. The number of para-hydroxylation sites is 1. The summed E-state index contributed by atoms with van der Waals surface area (Å²) in [5.41, 5.74) is 7.22. The Morgan fingerprint density at radius 1 is 1.03 bits per heavy atom. The molecule has 0 aliphatic heterocycles. The van der Waals surface area contributed by atoms with Crippen molar-refractivity contribution in [1.82, 2.24) is 4.57 Å². The van der Waals surface area contributed by atoms with Crippen LogP contribution in [-0.4, -0.2) is 16.2 Å². The lowest BCUT2D eigenvalue weighted by Gasteiger charge is -2.11. The molecule has 32 heavy (non-hydrogen) atoms. The standard InChI is InChI=1S/C27H23N3O2/c1-18-9-7-8-10-22(18)16-25(29-32-20(3)31)27-19(2)30(23-11-5-4-6-12-23)26-14-13-21(17-28)15-24(26)27/h4-15H,16H2,1-3H3/b29-25+. The van der Waals surface area contributed by atoms with Crippen LogP contribution in [0.25, 0.3) is 16.6 Å². The summed E-state index contributed by atoms with van der Waals surface area (Å²) in [7, 11) is 0. The number of carbonyl (C=O) groups is 1. The van der Waals surface area contributed by atoms with Crippen LogP contribution in [0, 0.1) is 25.2 Å². The van der Waals surface area contributed by atoms with Crippen molar-refractivity contribution in [3.05, 3.63) is 101 Å². The Morgan fingerprint density at radius 2 is 1.75 bits per heavy atom. The molecule has 0 amide bonds. The van der Waals surface area contributed by atoms with Crippen molar-refractivity contribution < 1.29 is 9.63 Å². The molecule has 0 saturated heterocycles. The van der Waals surface area contributed by atoms with Crippen molar-refractivity contribution in [2.75, 3.05) is 0 Å². The van der Waals surface area contributed by atoms with Crippen LogP contribution < -0.4 is 0 Å². The normalized spacial score (nSPS) is 11.4. The Bertz CT molecular complexity index is 1380. The number of fused-ring (bicyclic) bond motifs is 1. The van der Waals surface area contributed by atoms with Gasteiger partial charge in [0.1, 0.15) is 0 Å². The zero-order valence-corrected chi connectivity index (χ0v) is 18.3. The largest absolute Gasteiger partial charge is 0.331 e. The van der Waals surface area contributed by atoms with Crippen LogP contribution in [0.1, 0.15) is 34.9 Å². The SMILES string of the molecule is CC(=O)O/N=C(\Cc1ccccc1C)c1c(C)n(-c2ccccc2)c2ccc(C#N)cc12. The van der Waals surface area contributed by atoms with Crippen molar-refractivity contribution in [2.24, 2.45) is 5.16 Å². The summed E-state index contributed by atoms with van der Waals surface area (Å²) in [6.45, 7) is 5.41. The summed E-state index contributed by atoms with van der Waals surface area (Å²) < 4.78 is 2.15. The summed E-state index contributed by atoms with van der Waals surface area (Å²) in [5.74, 6) is -0.477. The molecule has 0 saturated carbocycles. The maximum Gasteiger partial charge on any atom is 0.331 e. The van der Waals surface area contributed by atoms with E-state index in [-0.39, 0.29) is 0 Å². The molecule has 3 aromatic carbocycles. The number of carbonyl (C=O) groups excluding carboxylic acids is 1. The number of nitriles is 1. The van der Waals surface area contributed by atoms with Gasteiger partial charge in [0.25, 0.3) is 0 Å². The number of hydrogen-bond acceptors (Lipinski definition) is 4. The molecule has 0 radical (unpaired) electrons. The van der Waals surface area contributed by atoms with Crippen LogP contribution in [0.3, 0.4) is 0 Å². The fourth-order valence-electron chi connectivity index (χ4n) is 4.04. The van der Waals surface area contributed by atoms with Crippen molar-refractivity contribution in [3.8, 4) is 11.8 Å². The first kappa shape index (κ1) is 21.1. The van der Waals surface area contributed by atoms with E-state index in [4.69, 9.17) is 4.84 Å². The van der Waals surface area contributed by atoms with E-state index >= 15 is 0 Å². The quantitative estimate of drug-likeness (QED) is 0.238. The minimum atomic E-state index is -0.477. The number of rotatable bonds is 5. The summed E-state index contributed by atoms with van der Waals surface area (Å²) >= 11 is 0. The lowest BCUT2D eigenvalue weighted by atomic mass is 9.96. The van der Waals surface area contributed by atoms with Gasteiger partial charge >= 0.3 is 5.97 Å². The van der Waals surface area contributed by atoms with Gasteiger partial charge in [-0.3, -0.25) is 0 Å². The number of oxime groups is 1. The summed E-state index contributed by atoms with van der Waals surface area (Å²) in [4.78, 5) is 16.7. The number of benzene rings is 3. The monoisotopic (exact) mass is 421 g/mol. The van der Waals surface area contributed by atoms with Crippen molar-refractivity contribution in [1.29, 1.82) is 5.26 Å². The lowest BCUT2D eigenvalue weighted by molar-refractivity contribution is -0.140. The second-order valence-corrected chi connectivity index (χ2v) is 7.70. The molecule has 0 N–H and O–H groups in total. The van der Waals surface area contributed by atoms with Gasteiger partial charge in [-0.05, 0) is 55.3 Å². The van der Waals surface area contributed by atoms with E-state index in [0.29, 0.717) is 17.7 Å². The maximum atomic E-state index is 11.6. The highest BCUT2D eigenvalue weighted by molar-refractivity contribution is 6.13. The third-order valence-electron chi connectivity index (χ3n) is 5.54. The van der Waals surface area contributed by atoms with E-state index in [2.05, 4.69) is 15.8 Å². The van der Waals surface area contributed by atoms with Crippen molar-refractivity contribution >= 4 is 22.6 Å². The minimum absolute atomic E-state index is 0.477. The molecule has 0 bridgehead atoms. The van der Waals surface area contributed by atoms with Gasteiger partial charge in [-0.1, -0.05) is 47.6 Å². The van der Waals surface area contributed by atoms with Gasteiger partial charge in [-0.25, -0.2) is 4.79 Å². The predicted molar refractivity (Wildman–Crippen MR) is 126 cm³/mol. The van der Waals surface area contributed by atoms with Crippen molar-refractivity contribution in [2.45, 2.75) is 27.2 Å². The highest BCUT2D eigenvalue weighted by Gasteiger charge is 2.21. The first-order chi connectivity index (χ1) is 15.5. The second kappa shape index (κ2) is 8.91. The van der Waals surface area contributed by atoms with Crippen LogP contribution in [0.5, 0.6) is 0 Å². The predicted octanol–water partition coefficient (Wildman–Crippen LogP) is 5.63. The van der Waals surface area contributed by atoms with E-state index in [1.54, 1.807) is 0 Å². The molecule has 0 aliphatic carbocycles. The van der Waals surface area contributed by atoms with E-state index in [0.717, 1.165) is 39.0 Å². The molecule has 0 fully saturated rings. The molecular formula is C27H23N3O2. The summed E-state index contributed by atoms with van der Waals surface area (Å²) in [6, 6.07) is 26.0. The van der Waals surface area contributed by atoms with Crippen molar-refractivity contribution in [3.63, 3.8) is 0 Å². The van der Waals surface area contributed by atoms with Gasteiger partial charge in [0.15, 0.2) is 0 Å². The molecule has 0 atom stereocenters. The number of hydrogen-bond donors (Lipinski definition) is 0. The molecular weight excluding hydrogens is 398 g/mol. The fraction of sp³-hybridized carbons (Fsp3) is 0.148. The highest BCUT2D eigenvalue weighted by atomic mass is 16.7. The first-order valence-electron chi connectivity index (χ1n) is 10.4. The maximum absolute atomic E-state index is 11.6. The molecule has 0 aliphatic rings. The topological polar surface area (TPSA) is 67.4 Å². The molecule has 158 valence electrons. The van der Waals surface area contributed by atoms with Gasteiger partial charge in [0.2, 0.25) is 0 Å². The zero-order valence-electron chi connectivity index (χ0n) is 18.3. The Balaban J connectivity index is 2.00. The van der Waals surface area contributed by atoms with Gasteiger partial charge in [-0.15, -0.1) is 0 Å². The molecule has 1 heterocycles. The lowest BCUT2D eigenvalue weighted by Crippen LogP contribution is -2.11. The van der Waals surface area contributed by atoms with E-state index in [9.17, 15) is 10.1 Å². The summed E-state index contributed by atoms with van der Waals surface area (Å²) in [5, 5.41) is 14.7. The van der Waals surface area contributed by atoms with Crippen LogP contribution in [-0.2, 0) is 16.1 Å². The number of aryl methyl sites for hydroxylation is 1. The molecule has 0 unspecified atom stereocenters. The molecule has 4 rings (SSSR count). The smallest absolute Gasteiger partial charge is 0.318 e. The Labute approximate surface area is 187 Å². The highest BCUT2D eigenvalue weighted by Crippen LogP contribution is 2.32. The molecule has 5 heteroatoms. The second-order valence-electron chi connectivity index (χ2n) is 7.70. The first-order valence-corrected chi connectivity index (χ1v) is 10.4. The van der Waals surface area contributed by atoms with E-state index in [1.165, 1.54) is 6.92 Å². The Kier molecular flexibility index (Phi) is 5.87. The van der Waals surface area contributed by atoms with E-state index < -0.39 is 5.97 Å². The van der Waals surface area contributed by atoms with Crippen LogP contribution in [0.2, 0.25) is 0 Å². The third-order valence-corrected chi connectivity index (χ3v) is 5.54. The van der Waals surface area contributed by atoms with Crippen LogP contribution in [0.4, 0.5) is 0 Å². The van der Waals surface area contributed by atoms with Crippen LogP contribution >= 0.6 is 0 Å². The number of nitrogens with zero attached hydrogens (tertiary/aromatic N) is 3. The average Bonchev–Trinajstić information content (AvgIpc) is 3.09. The van der Waals surface area contributed by atoms with Gasteiger partial charge in [-0.2, -0.15) is 5.26 Å². The fourth-order valence-corrected chi connectivity index (χ4v) is 4.04.